The van der Waals surface area contributed by atoms with E-state index >= 15 is 0 Å². The molecule has 1 aliphatic rings. The highest BCUT2D eigenvalue weighted by atomic mass is 16.3. The van der Waals surface area contributed by atoms with Crippen molar-refractivity contribution >= 4 is 22.1 Å². The third-order valence-corrected chi connectivity index (χ3v) is 7.38. The van der Waals surface area contributed by atoms with Crippen molar-refractivity contribution in [1.82, 2.24) is 19.9 Å². The second-order valence-corrected chi connectivity index (χ2v) is 9.90. The van der Waals surface area contributed by atoms with Crippen LogP contribution >= 0.6 is 0 Å². The van der Waals surface area contributed by atoms with Crippen LogP contribution in [-0.2, 0) is 0 Å². The Balaban J connectivity index is 1.35. The van der Waals surface area contributed by atoms with E-state index in [0.717, 1.165) is 57.3 Å². The molecule has 3 aromatic carbocycles. The van der Waals surface area contributed by atoms with Crippen LogP contribution in [0.1, 0.15) is 32.4 Å². The molecular formula is C30H31N5O. The van der Waals surface area contributed by atoms with Gasteiger partial charge in [0.05, 0.1) is 12.3 Å². The number of aliphatic hydroxyl groups excluding tert-OH is 1. The highest BCUT2D eigenvalue weighted by molar-refractivity contribution is 6.01. The number of rotatable bonds is 4. The van der Waals surface area contributed by atoms with E-state index in [9.17, 15) is 5.11 Å². The lowest BCUT2D eigenvalue weighted by molar-refractivity contribution is 0.201. The van der Waals surface area contributed by atoms with Crippen LogP contribution in [0.2, 0.25) is 0 Å². The van der Waals surface area contributed by atoms with Crippen molar-refractivity contribution in [2.45, 2.75) is 39.0 Å². The van der Waals surface area contributed by atoms with Gasteiger partial charge in [0.15, 0.2) is 5.65 Å². The van der Waals surface area contributed by atoms with Crippen LogP contribution in [0, 0.1) is 0 Å². The summed E-state index contributed by atoms with van der Waals surface area (Å²) >= 11 is 0. The fraction of sp³-hybridized carbons (Fsp3) is 0.267. The van der Waals surface area contributed by atoms with Gasteiger partial charge in [0.1, 0.15) is 0 Å². The molecule has 0 amide bonds. The molecule has 182 valence electrons. The van der Waals surface area contributed by atoms with Crippen molar-refractivity contribution in [1.29, 1.82) is 0 Å². The minimum absolute atomic E-state index is 0.464. The molecule has 1 aliphatic heterocycles. The van der Waals surface area contributed by atoms with Crippen LogP contribution in [0.3, 0.4) is 0 Å². The summed E-state index contributed by atoms with van der Waals surface area (Å²) < 4.78 is 1.86. The van der Waals surface area contributed by atoms with E-state index < -0.39 is 6.10 Å². The Morgan fingerprint density at radius 2 is 1.58 bits per heavy atom. The minimum Gasteiger partial charge on any atom is -0.389 e. The molecule has 3 heterocycles. The first-order valence-electron chi connectivity index (χ1n) is 12.6. The minimum atomic E-state index is -0.530. The van der Waals surface area contributed by atoms with Crippen molar-refractivity contribution < 1.29 is 5.11 Å². The number of aliphatic hydroxyl groups is 1. The fourth-order valence-electron chi connectivity index (χ4n) is 5.61. The lowest BCUT2D eigenvalue weighted by atomic mass is 9.95. The average molecular weight is 478 g/mol. The van der Waals surface area contributed by atoms with Gasteiger partial charge in [-0.05, 0) is 60.4 Å². The van der Waals surface area contributed by atoms with Crippen molar-refractivity contribution in [3.8, 4) is 22.3 Å². The predicted molar refractivity (Wildman–Crippen MR) is 146 cm³/mol. The summed E-state index contributed by atoms with van der Waals surface area (Å²) in [6.07, 6.45) is 5.32. The summed E-state index contributed by atoms with van der Waals surface area (Å²) in [4.78, 5) is 7.32. The maximum atomic E-state index is 10.2. The van der Waals surface area contributed by atoms with Gasteiger partial charge in [-0.25, -0.2) is 9.50 Å². The van der Waals surface area contributed by atoms with Crippen molar-refractivity contribution in [3.63, 3.8) is 0 Å². The Labute approximate surface area is 211 Å². The molecule has 6 rings (SSSR count). The van der Waals surface area contributed by atoms with Crippen LogP contribution in [0.15, 0.2) is 79.3 Å². The van der Waals surface area contributed by atoms with Crippen molar-refractivity contribution in [2.75, 3.05) is 18.0 Å². The van der Waals surface area contributed by atoms with E-state index in [1.165, 1.54) is 5.69 Å². The van der Waals surface area contributed by atoms with Crippen LogP contribution in [0.5, 0.6) is 0 Å². The molecule has 0 saturated carbocycles. The second-order valence-electron chi connectivity index (χ2n) is 9.90. The van der Waals surface area contributed by atoms with E-state index in [1.807, 2.05) is 41.3 Å². The van der Waals surface area contributed by atoms with Gasteiger partial charge in [-0.15, -0.1) is 0 Å². The normalized spacial score (nSPS) is 19.2. The quantitative estimate of drug-likeness (QED) is 0.360. The van der Waals surface area contributed by atoms with E-state index in [1.54, 1.807) is 6.92 Å². The number of anilines is 1. The lowest BCUT2D eigenvalue weighted by Gasteiger charge is -2.41. The smallest absolute Gasteiger partial charge is 0.162 e. The van der Waals surface area contributed by atoms with E-state index in [2.05, 4.69) is 71.6 Å². The van der Waals surface area contributed by atoms with Crippen molar-refractivity contribution in [3.05, 3.63) is 84.8 Å². The number of piperazine rings is 1. The maximum absolute atomic E-state index is 10.2. The summed E-state index contributed by atoms with van der Waals surface area (Å²) in [6.45, 7) is 8.35. The predicted octanol–water partition coefficient (Wildman–Crippen LogP) is 5.46. The first-order valence-corrected chi connectivity index (χ1v) is 12.6. The number of hydrogen-bond donors (Lipinski definition) is 2. The number of nitrogens with zero attached hydrogens (tertiary/aromatic N) is 4. The zero-order valence-corrected chi connectivity index (χ0v) is 20.9. The van der Waals surface area contributed by atoms with Crippen LogP contribution in [-0.4, -0.2) is 44.9 Å². The van der Waals surface area contributed by atoms with Gasteiger partial charge in [0.25, 0.3) is 0 Å². The lowest BCUT2D eigenvalue weighted by Crippen LogP contribution is -2.55. The van der Waals surface area contributed by atoms with Crippen LogP contribution in [0.4, 0.5) is 5.69 Å². The van der Waals surface area contributed by atoms with Crippen LogP contribution < -0.4 is 10.2 Å². The van der Waals surface area contributed by atoms with E-state index in [4.69, 9.17) is 4.98 Å². The molecule has 0 radical (unpaired) electrons. The summed E-state index contributed by atoms with van der Waals surface area (Å²) in [5, 5.41) is 20.5. The molecule has 36 heavy (non-hydrogen) atoms. The van der Waals surface area contributed by atoms with E-state index in [-0.39, 0.29) is 0 Å². The molecule has 6 nitrogen and oxygen atoms in total. The standard InChI is InChI=1S/C30H31N5O/c1-19-14-31-15-20(2)35(19)24-12-10-22(11-13-24)23-16-32-30-29(17-33-34(30)18-23)28-9-5-7-26-25(21(3)36)6-4-8-27(26)28/h4-13,16-21,31,36H,14-15H2,1-3H3/t19-,20+,21?. The molecule has 6 heteroatoms. The van der Waals surface area contributed by atoms with Gasteiger partial charge < -0.3 is 15.3 Å². The van der Waals surface area contributed by atoms with Gasteiger partial charge in [-0.2, -0.15) is 5.10 Å². The molecule has 1 fully saturated rings. The van der Waals surface area contributed by atoms with Crippen molar-refractivity contribution in [2.24, 2.45) is 0 Å². The molecule has 0 aliphatic carbocycles. The monoisotopic (exact) mass is 477 g/mol. The number of hydrogen-bond acceptors (Lipinski definition) is 5. The van der Waals surface area contributed by atoms with E-state index in [0.29, 0.717) is 12.1 Å². The first kappa shape index (κ1) is 22.7. The number of fused-ring (bicyclic) bond motifs is 2. The second kappa shape index (κ2) is 9.04. The molecule has 2 N–H and O–H groups in total. The summed E-state index contributed by atoms with van der Waals surface area (Å²) in [5.41, 5.74) is 7.18. The molecular weight excluding hydrogens is 446 g/mol. The molecule has 5 aromatic rings. The molecule has 1 unspecified atom stereocenters. The molecule has 3 atom stereocenters. The first-order chi connectivity index (χ1) is 17.5. The Kier molecular flexibility index (Phi) is 5.70. The Hall–Kier alpha value is -3.74. The topological polar surface area (TPSA) is 65.7 Å². The third kappa shape index (κ3) is 3.83. The van der Waals surface area contributed by atoms with Gasteiger partial charge in [0.2, 0.25) is 0 Å². The zero-order valence-electron chi connectivity index (χ0n) is 20.9. The van der Waals surface area contributed by atoms with Gasteiger partial charge >= 0.3 is 0 Å². The Morgan fingerprint density at radius 3 is 2.33 bits per heavy atom. The number of nitrogens with one attached hydrogen (secondary N) is 1. The largest absolute Gasteiger partial charge is 0.389 e. The third-order valence-electron chi connectivity index (χ3n) is 7.38. The van der Waals surface area contributed by atoms with Gasteiger partial charge in [-0.3, -0.25) is 0 Å². The maximum Gasteiger partial charge on any atom is 0.162 e. The highest BCUT2D eigenvalue weighted by Gasteiger charge is 2.24. The van der Waals surface area contributed by atoms with Crippen LogP contribution in [0.25, 0.3) is 38.7 Å². The highest BCUT2D eigenvalue weighted by Crippen LogP contribution is 2.34. The summed E-state index contributed by atoms with van der Waals surface area (Å²) in [5.74, 6) is 0. The zero-order chi connectivity index (χ0) is 24.8. The molecule has 2 aromatic heterocycles. The molecule has 1 saturated heterocycles. The SMILES string of the molecule is CC(O)c1cccc2c(-c3cnn4cc(-c5ccc(N6[C@H](C)CNC[C@@H]6C)cc5)cnc34)cccc12. The molecule has 0 spiro atoms. The average Bonchev–Trinajstić information content (AvgIpc) is 3.31. The summed E-state index contributed by atoms with van der Waals surface area (Å²) in [6, 6.07) is 21.9. The Morgan fingerprint density at radius 1 is 0.861 bits per heavy atom. The summed E-state index contributed by atoms with van der Waals surface area (Å²) in [7, 11) is 0. The number of aromatic nitrogens is 3. The van der Waals surface area contributed by atoms with Gasteiger partial charge in [-0.1, -0.05) is 48.5 Å². The molecule has 0 bridgehead atoms. The fourth-order valence-corrected chi connectivity index (χ4v) is 5.61. The Bertz CT molecular complexity index is 1530. The van der Waals surface area contributed by atoms with Gasteiger partial charge in [0, 0.05) is 54.4 Å². The number of benzene rings is 3.